The zero-order valence-electron chi connectivity index (χ0n) is 5.05. The van der Waals surface area contributed by atoms with Gasteiger partial charge in [-0.3, -0.25) is 0 Å². The number of ether oxygens (including phenoxy) is 2. The van der Waals surface area contributed by atoms with Crippen molar-refractivity contribution in [2.24, 2.45) is 0 Å². The van der Waals surface area contributed by atoms with Crippen molar-refractivity contribution in [3.05, 3.63) is 11.5 Å². The Balaban J connectivity index is 2.89. The van der Waals surface area contributed by atoms with Crippen molar-refractivity contribution in [3.63, 3.8) is 0 Å². The highest BCUT2D eigenvalue weighted by Gasteiger charge is 2.15. The zero-order valence-corrected chi connectivity index (χ0v) is 5.05. The lowest BCUT2D eigenvalue weighted by Crippen LogP contribution is -2.14. The van der Waals surface area contributed by atoms with Crippen molar-refractivity contribution in [2.75, 3.05) is 13.2 Å². The Hall–Kier alpha value is -1.50. The van der Waals surface area contributed by atoms with Gasteiger partial charge in [-0.25, -0.2) is 9.59 Å². The maximum absolute atomic E-state index is 9.96. The molecule has 0 aromatic heterocycles. The summed E-state index contributed by atoms with van der Waals surface area (Å²) in [4.78, 5) is 19.9. The third-order valence-electron chi connectivity index (χ3n) is 0.968. The van der Waals surface area contributed by atoms with Gasteiger partial charge in [-0.15, -0.1) is 0 Å². The van der Waals surface area contributed by atoms with Crippen LogP contribution in [-0.2, 0) is 19.1 Å². The first-order chi connectivity index (χ1) is 4.88. The number of hydrogen-bond acceptors (Lipinski definition) is 4. The van der Waals surface area contributed by atoms with E-state index in [1.807, 2.05) is 0 Å². The highest BCUT2D eigenvalue weighted by molar-refractivity contribution is 5.66. The molecule has 0 N–H and O–H groups in total. The van der Waals surface area contributed by atoms with Crippen molar-refractivity contribution >= 4 is 11.9 Å². The van der Waals surface area contributed by atoms with Crippen LogP contribution in [0.5, 0.6) is 0 Å². The fourth-order valence-corrected chi connectivity index (χ4v) is 0.570. The standard InChI is InChI=1S/C6H4O4/c7-3-5-6(4-8)10-2-1-9-5/h1-2H2. The predicted octanol–water partition coefficient (Wildman–Crippen LogP) is -0.536. The fourth-order valence-electron chi connectivity index (χ4n) is 0.570. The number of hydrogen-bond donors (Lipinski definition) is 0. The number of rotatable bonds is 0. The van der Waals surface area contributed by atoms with Gasteiger partial charge in [0.2, 0.25) is 0 Å². The van der Waals surface area contributed by atoms with Gasteiger partial charge in [-0.05, 0) is 0 Å². The predicted molar refractivity (Wildman–Crippen MR) is 30.3 cm³/mol. The Kier molecular flexibility index (Phi) is 1.90. The Morgan fingerprint density at radius 2 is 1.40 bits per heavy atom. The molecule has 0 amide bonds. The van der Waals surface area contributed by atoms with Crippen LogP contribution < -0.4 is 0 Å². The number of carbonyl (C=O) groups excluding carboxylic acids is 2. The van der Waals surface area contributed by atoms with Gasteiger partial charge >= 0.3 is 0 Å². The maximum Gasteiger partial charge on any atom is 0.258 e. The van der Waals surface area contributed by atoms with Gasteiger partial charge in [-0.1, -0.05) is 0 Å². The quantitative estimate of drug-likeness (QED) is 0.424. The molecule has 1 heterocycles. The summed E-state index contributed by atoms with van der Waals surface area (Å²) in [7, 11) is 0. The molecule has 52 valence electrons. The van der Waals surface area contributed by atoms with Crippen molar-refractivity contribution < 1.29 is 19.1 Å². The minimum absolute atomic E-state index is 0.193. The molecule has 0 aromatic rings. The highest BCUT2D eigenvalue weighted by atomic mass is 16.6. The molecule has 0 aliphatic carbocycles. The summed E-state index contributed by atoms with van der Waals surface area (Å²) in [6.45, 7) is 0.547. The average Bonchev–Trinajstić information content (AvgIpc) is 2.04. The molecule has 1 aliphatic rings. The molecule has 1 rings (SSSR count). The molecule has 4 nitrogen and oxygen atoms in total. The topological polar surface area (TPSA) is 52.6 Å². The zero-order chi connectivity index (χ0) is 7.40. The molecule has 0 bridgehead atoms. The first-order valence-corrected chi connectivity index (χ1v) is 2.64. The monoisotopic (exact) mass is 140 g/mol. The summed E-state index contributed by atoms with van der Waals surface area (Å²) in [5.41, 5.74) is 0. The lowest BCUT2D eigenvalue weighted by atomic mass is 10.4. The van der Waals surface area contributed by atoms with Gasteiger partial charge in [0.15, 0.2) is 11.9 Å². The van der Waals surface area contributed by atoms with E-state index >= 15 is 0 Å². The highest BCUT2D eigenvalue weighted by Crippen LogP contribution is 2.10. The molecule has 0 atom stereocenters. The van der Waals surface area contributed by atoms with Crippen LogP contribution in [-0.4, -0.2) is 25.1 Å². The SMILES string of the molecule is O=C=C1OCCOC1=C=O. The van der Waals surface area contributed by atoms with Gasteiger partial charge in [0, 0.05) is 0 Å². The van der Waals surface area contributed by atoms with Crippen LogP contribution in [0.4, 0.5) is 0 Å². The van der Waals surface area contributed by atoms with Gasteiger partial charge < -0.3 is 9.47 Å². The summed E-state index contributed by atoms with van der Waals surface area (Å²) < 4.78 is 9.40. The Bertz CT molecular complexity index is 204. The van der Waals surface area contributed by atoms with Crippen LogP contribution in [0.3, 0.4) is 0 Å². The lowest BCUT2D eigenvalue weighted by molar-refractivity contribution is 0.0643. The molecule has 4 heteroatoms. The summed E-state index contributed by atoms with van der Waals surface area (Å²) >= 11 is 0. The van der Waals surface area contributed by atoms with E-state index in [1.54, 1.807) is 0 Å². The third kappa shape index (κ3) is 1.08. The Morgan fingerprint density at radius 3 is 1.70 bits per heavy atom. The Morgan fingerprint density at radius 1 is 1.00 bits per heavy atom. The molecular weight excluding hydrogens is 136 g/mol. The van der Waals surface area contributed by atoms with Crippen molar-refractivity contribution in [1.29, 1.82) is 0 Å². The van der Waals surface area contributed by atoms with Crippen molar-refractivity contribution in [3.8, 4) is 0 Å². The minimum Gasteiger partial charge on any atom is -0.477 e. The van der Waals surface area contributed by atoms with Crippen molar-refractivity contribution in [1.82, 2.24) is 0 Å². The molecule has 0 spiro atoms. The molecule has 0 saturated carbocycles. The summed E-state index contributed by atoms with van der Waals surface area (Å²) in [5, 5.41) is 0. The second kappa shape index (κ2) is 2.87. The van der Waals surface area contributed by atoms with E-state index in [4.69, 9.17) is 9.47 Å². The lowest BCUT2D eigenvalue weighted by Gasteiger charge is -2.14. The molecule has 1 aliphatic heterocycles. The van der Waals surface area contributed by atoms with Crippen molar-refractivity contribution in [2.45, 2.75) is 0 Å². The molecule has 1 fully saturated rings. The molecule has 0 aromatic carbocycles. The smallest absolute Gasteiger partial charge is 0.258 e. The summed E-state index contributed by atoms with van der Waals surface area (Å²) in [6, 6.07) is 0. The largest absolute Gasteiger partial charge is 0.477 e. The molecule has 0 unspecified atom stereocenters. The summed E-state index contributed by atoms with van der Waals surface area (Å²) in [6.07, 6.45) is 0. The van der Waals surface area contributed by atoms with E-state index in [1.165, 1.54) is 11.9 Å². The second-order valence-electron chi connectivity index (χ2n) is 1.56. The first-order valence-electron chi connectivity index (χ1n) is 2.64. The molecule has 1 saturated heterocycles. The van der Waals surface area contributed by atoms with Crippen LogP contribution >= 0.6 is 0 Å². The van der Waals surface area contributed by atoms with Gasteiger partial charge in [0.25, 0.3) is 11.5 Å². The summed E-state index contributed by atoms with van der Waals surface area (Å²) in [5.74, 6) is 2.46. The van der Waals surface area contributed by atoms with Crippen LogP contribution in [0.25, 0.3) is 0 Å². The van der Waals surface area contributed by atoms with E-state index < -0.39 is 0 Å². The molecule has 0 radical (unpaired) electrons. The first kappa shape index (κ1) is 6.62. The third-order valence-corrected chi connectivity index (χ3v) is 0.968. The van der Waals surface area contributed by atoms with Gasteiger partial charge in [-0.2, -0.15) is 0 Å². The van der Waals surface area contributed by atoms with Gasteiger partial charge in [0.1, 0.15) is 13.2 Å². The van der Waals surface area contributed by atoms with Crippen LogP contribution in [0.15, 0.2) is 11.5 Å². The Labute approximate surface area is 56.7 Å². The van der Waals surface area contributed by atoms with Crippen LogP contribution in [0.1, 0.15) is 0 Å². The normalized spacial score (nSPS) is 16.4. The fraction of sp³-hybridized carbons (Fsp3) is 0.333. The average molecular weight is 140 g/mol. The van der Waals surface area contributed by atoms with E-state index in [2.05, 4.69) is 0 Å². The van der Waals surface area contributed by atoms with Crippen LogP contribution in [0, 0.1) is 0 Å². The maximum atomic E-state index is 9.96. The van der Waals surface area contributed by atoms with E-state index in [9.17, 15) is 9.59 Å². The second-order valence-corrected chi connectivity index (χ2v) is 1.56. The van der Waals surface area contributed by atoms with E-state index in [0.29, 0.717) is 0 Å². The van der Waals surface area contributed by atoms with Crippen LogP contribution in [0.2, 0.25) is 0 Å². The van der Waals surface area contributed by atoms with E-state index in [0.717, 1.165) is 0 Å². The molecular formula is C6H4O4. The minimum atomic E-state index is -0.193. The van der Waals surface area contributed by atoms with E-state index in [-0.39, 0.29) is 24.7 Å². The van der Waals surface area contributed by atoms with Gasteiger partial charge in [0.05, 0.1) is 0 Å². The molecule has 10 heavy (non-hydrogen) atoms.